The molecule has 1 aromatic carbocycles. The molecule has 4 rings (SSSR count). The third kappa shape index (κ3) is 6.63. The number of hydrogen-bond donors (Lipinski definition) is 2. The van der Waals surface area contributed by atoms with Crippen LogP contribution < -0.4 is 16.2 Å². The molecule has 0 fully saturated rings. The van der Waals surface area contributed by atoms with Crippen molar-refractivity contribution in [3.63, 3.8) is 0 Å². The molecule has 0 spiro atoms. The molecule has 11 nitrogen and oxygen atoms in total. The quantitative estimate of drug-likeness (QED) is 0.258. The summed E-state index contributed by atoms with van der Waals surface area (Å²) >= 11 is 0. The number of carbonyl (C=O) groups is 2. The number of aromatic nitrogens is 5. The van der Waals surface area contributed by atoms with Crippen LogP contribution in [0.15, 0.2) is 64.1 Å². The highest BCUT2D eigenvalue weighted by Crippen LogP contribution is 2.33. The Bertz CT molecular complexity index is 1660. The second kappa shape index (κ2) is 12.2. The van der Waals surface area contributed by atoms with E-state index in [1.165, 1.54) is 16.8 Å². The van der Waals surface area contributed by atoms with Crippen molar-refractivity contribution in [2.45, 2.75) is 51.9 Å². The van der Waals surface area contributed by atoms with Crippen molar-refractivity contribution in [1.29, 1.82) is 0 Å². The highest BCUT2D eigenvalue weighted by Gasteiger charge is 2.36. The lowest BCUT2D eigenvalue weighted by Crippen LogP contribution is -2.46. The van der Waals surface area contributed by atoms with Crippen LogP contribution in [0, 0.1) is 5.92 Å². The number of anilines is 1. The molecule has 0 saturated heterocycles. The third-order valence-corrected chi connectivity index (χ3v) is 6.82. The lowest BCUT2D eigenvalue weighted by molar-refractivity contribution is -0.137. The van der Waals surface area contributed by atoms with E-state index in [2.05, 4.69) is 30.8 Å². The van der Waals surface area contributed by atoms with Gasteiger partial charge in [0.15, 0.2) is 0 Å². The topological polar surface area (TPSA) is 145 Å². The molecule has 14 heteroatoms. The average molecular weight is 598 g/mol. The van der Waals surface area contributed by atoms with Crippen molar-refractivity contribution in [3.05, 3.63) is 88.3 Å². The summed E-state index contributed by atoms with van der Waals surface area (Å²) in [5.74, 6) is -1.89. The molecule has 1 amide bonds. The fraction of sp³-hybridized carbons (Fsp3) is 0.345. The van der Waals surface area contributed by atoms with Crippen LogP contribution in [-0.2, 0) is 22.9 Å². The normalized spacial score (nSPS) is 12.7. The first-order valence-corrected chi connectivity index (χ1v) is 13.3. The smallest absolute Gasteiger partial charge is 0.417 e. The Morgan fingerprint density at radius 3 is 2.28 bits per heavy atom. The molecule has 226 valence electrons. The maximum absolute atomic E-state index is 13.4. The molecule has 0 unspecified atom stereocenters. The molecule has 43 heavy (non-hydrogen) atoms. The number of pyridine rings is 1. The summed E-state index contributed by atoms with van der Waals surface area (Å²) in [6.45, 7) is 6.22. The molecule has 0 radical (unpaired) electrons. The summed E-state index contributed by atoms with van der Waals surface area (Å²) in [6, 6.07) is 9.88. The van der Waals surface area contributed by atoms with Crippen molar-refractivity contribution < 1.29 is 27.2 Å². The summed E-state index contributed by atoms with van der Waals surface area (Å²) in [6.07, 6.45) is -2.45. The zero-order valence-corrected chi connectivity index (χ0v) is 24.1. The average Bonchev–Trinajstić information content (AvgIpc) is 3.48. The van der Waals surface area contributed by atoms with Gasteiger partial charge in [0.25, 0.3) is 11.4 Å². The molecule has 3 heterocycles. The first-order chi connectivity index (χ1) is 20.2. The number of ketones is 1. The lowest BCUT2D eigenvalue weighted by atomic mass is 9.88. The molecule has 1 atom stereocenters. The van der Waals surface area contributed by atoms with Crippen LogP contribution in [0.5, 0.6) is 0 Å². The first kappa shape index (κ1) is 31.1. The summed E-state index contributed by atoms with van der Waals surface area (Å²) in [5, 5.41) is 13.2. The number of amides is 1. The Kier molecular flexibility index (Phi) is 8.78. The van der Waals surface area contributed by atoms with Crippen LogP contribution >= 0.6 is 0 Å². The standard InChI is InChI=1S/C29H30F3N7O4/c1-16(2)22(36-21(40)15-39-24(17-9-7-6-8-10-17)35-14-19(33-5)26(39)42)23(41)25-37-38-27(43-25)28(3,4)20-12-11-18(13-34-20)29(30,31)32/h6-14,16,22,33H,15H2,1-5H3,(H,36,40)/t22-/m0/s1. The molecular formula is C29H30F3N7O4. The minimum Gasteiger partial charge on any atom is -0.417 e. The largest absolute Gasteiger partial charge is 0.417 e. The Morgan fingerprint density at radius 1 is 1.00 bits per heavy atom. The van der Waals surface area contributed by atoms with E-state index in [1.807, 2.05) is 6.07 Å². The Balaban J connectivity index is 1.56. The van der Waals surface area contributed by atoms with E-state index in [-0.39, 0.29) is 23.1 Å². The number of benzene rings is 1. The van der Waals surface area contributed by atoms with E-state index in [0.29, 0.717) is 11.8 Å². The molecule has 0 bridgehead atoms. The number of hydrogen-bond acceptors (Lipinski definition) is 9. The van der Waals surface area contributed by atoms with Gasteiger partial charge in [-0.1, -0.05) is 44.2 Å². The number of rotatable bonds is 10. The van der Waals surface area contributed by atoms with E-state index < -0.39 is 58.8 Å². The fourth-order valence-electron chi connectivity index (χ4n) is 4.27. The van der Waals surface area contributed by atoms with Gasteiger partial charge in [-0.05, 0) is 31.9 Å². The second-order valence-electron chi connectivity index (χ2n) is 10.6. The lowest BCUT2D eigenvalue weighted by Gasteiger charge is -2.21. The van der Waals surface area contributed by atoms with Gasteiger partial charge in [-0.2, -0.15) is 13.2 Å². The van der Waals surface area contributed by atoms with Crippen LogP contribution in [0.2, 0.25) is 0 Å². The van der Waals surface area contributed by atoms with E-state index in [1.54, 1.807) is 59.0 Å². The number of nitrogens with zero attached hydrogens (tertiary/aromatic N) is 5. The van der Waals surface area contributed by atoms with Crippen molar-refractivity contribution in [3.8, 4) is 11.4 Å². The van der Waals surface area contributed by atoms with Gasteiger partial charge in [-0.25, -0.2) is 4.98 Å². The molecule has 0 saturated carbocycles. The van der Waals surface area contributed by atoms with E-state index in [0.717, 1.165) is 6.07 Å². The minimum atomic E-state index is -4.54. The number of carbonyl (C=O) groups excluding carboxylic acids is 2. The molecular weight excluding hydrogens is 567 g/mol. The first-order valence-electron chi connectivity index (χ1n) is 13.3. The molecule has 3 aromatic heterocycles. The van der Waals surface area contributed by atoms with Gasteiger partial charge in [-0.3, -0.25) is 23.9 Å². The molecule has 2 N–H and O–H groups in total. The third-order valence-electron chi connectivity index (χ3n) is 6.82. The zero-order valence-electron chi connectivity index (χ0n) is 24.1. The van der Waals surface area contributed by atoms with Gasteiger partial charge in [0.05, 0.1) is 28.9 Å². The van der Waals surface area contributed by atoms with Gasteiger partial charge in [0, 0.05) is 18.8 Å². The van der Waals surface area contributed by atoms with Crippen molar-refractivity contribution in [2.24, 2.45) is 5.92 Å². The molecule has 0 aliphatic heterocycles. The minimum absolute atomic E-state index is 0.0500. The number of alkyl halides is 3. The maximum atomic E-state index is 13.4. The van der Waals surface area contributed by atoms with Gasteiger partial charge < -0.3 is 15.1 Å². The highest BCUT2D eigenvalue weighted by molar-refractivity contribution is 5.98. The Hall–Kier alpha value is -4.88. The van der Waals surface area contributed by atoms with Crippen LogP contribution in [0.1, 0.15) is 55.5 Å². The fourth-order valence-corrected chi connectivity index (χ4v) is 4.27. The highest BCUT2D eigenvalue weighted by atomic mass is 19.4. The molecule has 0 aliphatic rings. The predicted octanol–water partition coefficient (Wildman–Crippen LogP) is 4.10. The van der Waals surface area contributed by atoms with Crippen molar-refractivity contribution >= 4 is 17.4 Å². The summed E-state index contributed by atoms with van der Waals surface area (Å²) in [4.78, 5) is 48.0. The predicted molar refractivity (Wildman–Crippen MR) is 150 cm³/mol. The number of Topliss-reactive ketones (excluding diaryl/α,β-unsaturated/α-hetero) is 1. The summed E-state index contributed by atoms with van der Waals surface area (Å²) < 4.78 is 45.8. The second-order valence-corrected chi connectivity index (χ2v) is 10.6. The van der Waals surface area contributed by atoms with Gasteiger partial charge in [0.1, 0.15) is 18.1 Å². The van der Waals surface area contributed by atoms with Crippen LogP contribution in [0.4, 0.5) is 18.9 Å². The van der Waals surface area contributed by atoms with Crippen molar-refractivity contribution in [2.75, 3.05) is 12.4 Å². The van der Waals surface area contributed by atoms with Gasteiger partial charge in [0.2, 0.25) is 17.6 Å². The van der Waals surface area contributed by atoms with E-state index in [4.69, 9.17) is 4.42 Å². The Morgan fingerprint density at radius 2 is 1.70 bits per heavy atom. The van der Waals surface area contributed by atoms with Gasteiger partial charge >= 0.3 is 6.18 Å². The molecule has 0 aliphatic carbocycles. The summed E-state index contributed by atoms with van der Waals surface area (Å²) in [5.41, 5.74) is -1.49. The zero-order chi connectivity index (χ0) is 31.5. The monoisotopic (exact) mass is 597 g/mol. The number of nitrogens with one attached hydrogen (secondary N) is 2. The summed E-state index contributed by atoms with van der Waals surface area (Å²) in [7, 11) is 1.56. The van der Waals surface area contributed by atoms with E-state index >= 15 is 0 Å². The van der Waals surface area contributed by atoms with Crippen LogP contribution in [-0.4, -0.2) is 49.5 Å². The number of halogens is 3. The Labute approximate surface area is 244 Å². The van der Waals surface area contributed by atoms with E-state index in [9.17, 15) is 27.6 Å². The SMILES string of the molecule is CNc1cnc(-c2ccccc2)n(CC(=O)N[C@H](C(=O)c2nnc(C(C)(C)c3ccc(C(F)(F)F)cn3)o2)C(C)C)c1=O. The van der Waals surface area contributed by atoms with Gasteiger partial charge in [-0.15, -0.1) is 10.2 Å². The maximum Gasteiger partial charge on any atom is 0.417 e. The molecule has 4 aromatic rings. The van der Waals surface area contributed by atoms with Crippen molar-refractivity contribution in [1.82, 2.24) is 30.0 Å². The van der Waals surface area contributed by atoms with Crippen LogP contribution in [0.25, 0.3) is 11.4 Å². The van der Waals surface area contributed by atoms with Crippen LogP contribution in [0.3, 0.4) is 0 Å².